The van der Waals surface area contributed by atoms with Crippen LogP contribution in [0.15, 0.2) is 48.5 Å². The smallest absolute Gasteiger partial charge is 0.321 e. The SMILES string of the molecule is NC(=O)C(c1ccccc1)N1CCN(C(=O)Nc2ccc(Cl)c(Cl)c2)CC1. The number of hydrogen-bond acceptors (Lipinski definition) is 3. The number of halogens is 2. The Balaban J connectivity index is 1.61. The van der Waals surface area contributed by atoms with Crippen LogP contribution in [0.1, 0.15) is 11.6 Å². The molecule has 1 aliphatic heterocycles. The topological polar surface area (TPSA) is 78.7 Å². The van der Waals surface area contributed by atoms with Crippen molar-refractivity contribution in [2.75, 3.05) is 31.5 Å². The number of carbonyl (C=O) groups is 2. The summed E-state index contributed by atoms with van der Waals surface area (Å²) < 4.78 is 0. The van der Waals surface area contributed by atoms with Crippen molar-refractivity contribution in [1.29, 1.82) is 0 Å². The van der Waals surface area contributed by atoms with Crippen LogP contribution in [0, 0.1) is 0 Å². The van der Waals surface area contributed by atoms with Gasteiger partial charge in [-0.25, -0.2) is 4.79 Å². The maximum absolute atomic E-state index is 12.5. The Labute approximate surface area is 167 Å². The Hall–Kier alpha value is -2.28. The quantitative estimate of drug-likeness (QED) is 0.816. The summed E-state index contributed by atoms with van der Waals surface area (Å²) in [6.07, 6.45) is 0. The standard InChI is InChI=1S/C19H20Cl2N4O2/c20-15-7-6-14(12-16(15)21)23-19(27)25-10-8-24(9-11-25)17(18(22)26)13-4-2-1-3-5-13/h1-7,12,17H,8-11H2,(H2,22,26)(H,23,27). The largest absolute Gasteiger partial charge is 0.368 e. The number of nitrogens with one attached hydrogen (secondary N) is 1. The van der Waals surface area contributed by atoms with E-state index in [9.17, 15) is 9.59 Å². The third kappa shape index (κ3) is 4.71. The third-order valence-electron chi connectivity index (χ3n) is 4.52. The van der Waals surface area contributed by atoms with Gasteiger partial charge in [-0.3, -0.25) is 9.69 Å². The van der Waals surface area contributed by atoms with E-state index < -0.39 is 11.9 Å². The van der Waals surface area contributed by atoms with E-state index >= 15 is 0 Å². The molecule has 1 fully saturated rings. The normalized spacial score (nSPS) is 16.0. The minimum atomic E-state index is -0.494. The zero-order valence-corrected chi connectivity index (χ0v) is 16.1. The molecule has 0 bridgehead atoms. The summed E-state index contributed by atoms with van der Waals surface area (Å²) >= 11 is 11.9. The van der Waals surface area contributed by atoms with Crippen LogP contribution in [-0.4, -0.2) is 47.9 Å². The monoisotopic (exact) mass is 406 g/mol. The molecule has 1 aliphatic rings. The molecule has 1 atom stereocenters. The van der Waals surface area contributed by atoms with Gasteiger partial charge in [-0.1, -0.05) is 53.5 Å². The molecule has 27 heavy (non-hydrogen) atoms. The van der Waals surface area contributed by atoms with Crippen LogP contribution in [0.3, 0.4) is 0 Å². The van der Waals surface area contributed by atoms with Crippen LogP contribution in [0.4, 0.5) is 10.5 Å². The number of carbonyl (C=O) groups excluding carboxylic acids is 2. The molecule has 1 saturated heterocycles. The van der Waals surface area contributed by atoms with E-state index in [2.05, 4.69) is 5.32 Å². The maximum atomic E-state index is 12.5. The number of benzene rings is 2. The van der Waals surface area contributed by atoms with E-state index in [0.29, 0.717) is 41.9 Å². The lowest BCUT2D eigenvalue weighted by Crippen LogP contribution is -2.52. The van der Waals surface area contributed by atoms with Gasteiger partial charge < -0.3 is 16.0 Å². The summed E-state index contributed by atoms with van der Waals surface area (Å²) in [5.74, 6) is -0.394. The fourth-order valence-electron chi connectivity index (χ4n) is 3.15. The zero-order chi connectivity index (χ0) is 19.4. The molecular formula is C19H20Cl2N4O2. The number of piperazine rings is 1. The molecule has 3 rings (SSSR count). The summed E-state index contributed by atoms with van der Waals surface area (Å²) in [6.45, 7) is 2.09. The van der Waals surface area contributed by atoms with Crippen molar-refractivity contribution in [1.82, 2.24) is 9.80 Å². The van der Waals surface area contributed by atoms with Crippen LogP contribution >= 0.6 is 23.2 Å². The second-order valence-corrected chi connectivity index (χ2v) is 7.11. The molecule has 3 N–H and O–H groups in total. The van der Waals surface area contributed by atoms with Crippen LogP contribution in [0.25, 0.3) is 0 Å². The molecule has 1 heterocycles. The third-order valence-corrected chi connectivity index (χ3v) is 5.26. The van der Waals surface area contributed by atoms with Gasteiger partial charge >= 0.3 is 6.03 Å². The summed E-state index contributed by atoms with van der Waals surface area (Å²) in [5.41, 5.74) is 7.07. The number of nitrogens with two attached hydrogens (primary N) is 1. The number of rotatable bonds is 4. The first-order chi connectivity index (χ1) is 13.0. The lowest BCUT2D eigenvalue weighted by atomic mass is 10.0. The Morgan fingerprint density at radius 2 is 1.63 bits per heavy atom. The minimum Gasteiger partial charge on any atom is -0.368 e. The number of urea groups is 1. The van der Waals surface area contributed by atoms with Crippen molar-refractivity contribution in [3.05, 3.63) is 64.1 Å². The van der Waals surface area contributed by atoms with Crippen molar-refractivity contribution in [3.8, 4) is 0 Å². The first kappa shape index (κ1) is 19.5. The second kappa shape index (κ2) is 8.61. The first-order valence-electron chi connectivity index (χ1n) is 8.55. The lowest BCUT2D eigenvalue weighted by Gasteiger charge is -2.38. The van der Waals surface area contributed by atoms with Gasteiger partial charge in [0.1, 0.15) is 6.04 Å². The number of amides is 3. The molecule has 3 amide bonds. The maximum Gasteiger partial charge on any atom is 0.321 e. The van der Waals surface area contributed by atoms with Crippen molar-refractivity contribution in [2.45, 2.75) is 6.04 Å². The predicted molar refractivity (Wildman–Crippen MR) is 107 cm³/mol. The van der Waals surface area contributed by atoms with Crippen molar-refractivity contribution in [3.63, 3.8) is 0 Å². The molecule has 8 heteroatoms. The average Bonchev–Trinajstić information content (AvgIpc) is 2.66. The summed E-state index contributed by atoms with van der Waals surface area (Å²) in [7, 11) is 0. The Bertz CT molecular complexity index is 824. The molecule has 2 aromatic carbocycles. The van der Waals surface area contributed by atoms with Crippen molar-refractivity contribution in [2.24, 2.45) is 5.73 Å². The van der Waals surface area contributed by atoms with Gasteiger partial charge in [-0.15, -0.1) is 0 Å². The highest BCUT2D eigenvalue weighted by Crippen LogP contribution is 2.26. The lowest BCUT2D eigenvalue weighted by molar-refractivity contribution is -0.124. The highest BCUT2D eigenvalue weighted by Gasteiger charge is 2.30. The fourth-order valence-corrected chi connectivity index (χ4v) is 3.45. The van der Waals surface area contributed by atoms with Gasteiger partial charge in [0.2, 0.25) is 5.91 Å². The van der Waals surface area contributed by atoms with E-state index in [1.54, 1.807) is 23.1 Å². The van der Waals surface area contributed by atoms with Crippen molar-refractivity contribution < 1.29 is 9.59 Å². The molecule has 0 aliphatic carbocycles. The minimum absolute atomic E-state index is 0.219. The molecule has 0 saturated carbocycles. The molecule has 142 valence electrons. The average molecular weight is 407 g/mol. The molecular weight excluding hydrogens is 387 g/mol. The van der Waals surface area contributed by atoms with Gasteiger partial charge in [-0.2, -0.15) is 0 Å². The fraction of sp³-hybridized carbons (Fsp3) is 0.263. The number of anilines is 1. The van der Waals surface area contributed by atoms with E-state index in [4.69, 9.17) is 28.9 Å². The molecule has 0 spiro atoms. The number of hydrogen-bond donors (Lipinski definition) is 2. The second-order valence-electron chi connectivity index (χ2n) is 6.30. The van der Waals surface area contributed by atoms with Crippen LogP contribution < -0.4 is 11.1 Å². The highest BCUT2D eigenvalue weighted by atomic mass is 35.5. The van der Waals surface area contributed by atoms with Crippen molar-refractivity contribution >= 4 is 40.8 Å². The highest BCUT2D eigenvalue weighted by molar-refractivity contribution is 6.42. The van der Waals surface area contributed by atoms with Crippen LogP contribution in [0.5, 0.6) is 0 Å². The molecule has 2 aromatic rings. The van der Waals surface area contributed by atoms with E-state index in [-0.39, 0.29) is 6.03 Å². The Kier molecular flexibility index (Phi) is 6.21. The van der Waals surface area contributed by atoms with E-state index in [1.807, 2.05) is 35.2 Å². The summed E-state index contributed by atoms with van der Waals surface area (Å²) in [4.78, 5) is 28.1. The molecule has 0 radical (unpaired) electrons. The predicted octanol–water partition coefficient (Wildman–Crippen LogP) is 3.37. The van der Waals surface area contributed by atoms with Gasteiger partial charge in [0.05, 0.1) is 10.0 Å². The zero-order valence-electron chi connectivity index (χ0n) is 14.6. The van der Waals surface area contributed by atoms with Gasteiger partial charge in [0.25, 0.3) is 0 Å². The molecule has 1 unspecified atom stereocenters. The molecule has 6 nitrogen and oxygen atoms in total. The number of primary amides is 1. The van der Waals surface area contributed by atoms with Gasteiger partial charge in [0, 0.05) is 31.9 Å². The van der Waals surface area contributed by atoms with Crippen LogP contribution in [-0.2, 0) is 4.79 Å². The van der Waals surface area contributed by atoms with Crippen LogP contribution in [0.2, 0.25) is 10.0 Å². The van der Waals surface area contributed by atoms with E-state index in [0.717, 1.165) is 5.56 Å². The van der Waals surface area contributed by atoms with Gasteiger partial charge in [0.15, 0.2) is 0 Å². The Morgan fingerprint density at radius 1 is 0.963 bits per heavy atom. The summed E-state index contributed by atoms with van der Waals surface area (Å²) in [6, 6.07) is 13.7. The van der Waals surface area contributed by atoms with Gasteiger partial charge in [-0.05, 0) is 23.8 Å². The summed E-state index contributed by atoms with van der Waals surface area (Å²) in [5, 5.41) is 3.63. The molecule has 0 aromatic heterocycles. The number of nitrogens with zero attached hydrogens (tertiary/aromatic N) is 2. The van der Waals surface area contributed by atoms with E-state index in [1.165, 1.54) is 0 Å². The first-order valence-corrected chi connectivity index (χ1v) is 9.30. The Morgan fingerprint density at radius 3 is 2.22 bits per heavy atom.